The quantitative estimate of drug-likeness (QED) is 0.0345. The Balaban J connectivity index is 4.11. The molecule has 0 radical (unpaired) electrons. The minimum absolute atomic E-state index is 0.0126. The highest BCUT2D eigenvalue weighted by Gasteiger charge is 2.21. The van der Waals surface area contributed by atoms with E-state index in [0.717, 1.165) is 32.1 Å². The Labute approximate surface area is 315 Å². The molecule has 0 N–H and O–H groups in total. The van der Waals surface area contributed by atoms with Crippen LogP contribution in [0, 0.1) is 0 Å². The van der Waals surface area contributed by atoms with Gasteiger partial charge >= 0.3 is 11.9 Å². The summed E-state index contributed by atoms with van der Waals surface area (Å²) in [5.41, 5.74) is 0. The molecule has 0 aliphatic carbocycles. The number of carbonyl (C=O) groups is 2. The van der Waals surface area contributed by atoms with E-state index in [0.29, 0.717) is 19.3 Å². The molecule has 0 saturated carbocycles. The van der Waals surface area contributed by atoms with Gasteiger partial charge < -0.3 is 23.4 Å². The number of phosphoric ester groups is 1. The van der Waals surface area contributed by atoms with E-state index in [1.165, 1.54) is 154 Å². The van der Waals surface area contributed by atoms with Crippen LogP contribution in [0.5, 0.6) is 0 Å². The van der Waals surface area contributed by atoms with Crippen molar-refractivity contribution in [1.29, 1.82) is 0 Å². The summed E-state index contributed by atoms with van der Waals surface area (Å²) >= 11 is 0. The lowest BCUT2D eigenvalue weighted by atomic mass is 10.0. The third-order valence-corrected chi connectivity index (χ3v) is 10.5. The van der Waals surface area contributed by atoms with Crippen molar-refractivity contribution in [3.8, 4) is 0 Å². The third-order valence-electron chi connectivity index (χ3n) is 9.57. The number of rotatable bonds is 41. The topological polar surface area (TPSA) is 111 Å². The van der Waals surface area contributed by atoms with Gasteiger partial charge in [0.1, 0.15) is 6.61 Å². The summed E-state index contributed by atoms with van der Waals surface area (Å²) in [4.78, 5) is 37.0. The molecule has 2 atom stereocenters. The molecule has 1 unspecified atom stereocenters. The zero-order valence-corrected chi connectivity index (χ0v) is 34.6. The van der Waals surface area contributed by atoms with Crippen molar-refractivity contribution in [1.82, 2.24) is 0 Å². The average Bonchev–Trinajstić information content (AvgIpc) is 3.11. The molecule has 0 aliphatic heterocycles. The number of carbonyl (C=O) groups excluding carboxylic acids is 2. The summed E-state index contributed by atoms with van der Waals surface area (Å²) in [6.07, 6.45) is 37.5. The molecule has 0 bridgehead atoms. The molecule has 0 heterocycles. The zero-order chi connectivity index (χ0) is 37.5. The Morgan fingerprint density at radius 3 is 1.14 bits per heavy atom. The predicted octanol–water partition coefficient (Wildman–Crippen LogP) is 12.9. The fraction of sp³-hybridized carbons (Fsp3) is 0.952. The van der Waals surface area contributed by atoms with Gasteiger partial charge in [0.2, 0.25) is 0 Å². The van der Waals surface area contributed by atoms with Gasteiger partial charge in [0.05, 0.1) is 13.2 Å². The van der Waals surface area contributed by atoms with Crippen molar-refractivity contribution in [3.63, 3.8) is 0 Å². The van der Waals surface area contributed by atoms with E-state index in [-0.39, 0.29) is 25.6 Å². The first kappa shape index (κ1) is 50.1. The first-order chi connectivity index (χ1) is 24.8. The molecule has 0 spiro atoms. The molecule has 0 aromatic heterocycles. The van der Waals surface area contributed by atoms with E-state index in [1.807, 2.05) is 0 Å². The lowest BCUT2D eigenvalue weighted by Crippen LogP contribution is -2.30. The van der Waals surface area contributed by atoms with E-state index >= 15 is 0 Å². The second-order valence-corrected chi connectivity index (χ2v) is 16.2. The molecule has 304 valence electrons. The Kier molecular flexibility index (Phi) is 38.0. The molecule has 0 aliphatic rings. The van der Waals surface area contributed by atoms with Crippen LogP contribution < -0.4 is 4.89 Å². The van der Waals surface area contributed by atoms with E-state index in [4.69, 9.17) is 18.5 Å². The second kappa shape index (κ2) is 38.8. The first-order valence-corrected chi connectivity index (χ1v) is 23.3. The molecular formula is C42H82O8P-. The molecule has 0 saturated heterocycles. The van der Waals surface area contributed by atoms with Crippen molar-refractivity contribution in [2.75, 3.05) is 19.8 Å². The smallest absolute Gasteiger partial charge is 0.306 e. The highest BCUT2D eigenvalue weighted by molar-refractivity contribution is 7.45. The number of hydrogen-bond donors (Lipinski definition) is 0. The van der Waals surface area contributed by atoms with E-state index in [9.17, 15) is 19.0 Å². The molecule has 51 heavy (non-hydrogen) atoms. The maximum atomic E-state index is 12.6. The minimum Gasteiger partial charge on any atom is -0.756 e. The van der Waals surface area contributed by atoms with Crippen molar-refractivity contribution in [2.45, 2.75) is 239 Å². The van der Waals surface area contributed by atoms with E-state index in [2.05, 4.69) is 13.8 Å². The Morgan fingerprint density at radius 2 is 0.784 bits per heavy atom. The van der Waals surface area contributed by atoms with Gasteiger partial charge in [-0.1, -0.05) is 201 Å². The number of hydrogen-bond acceptors (Lipinski definition) is 8. The summed E-state index contributed by atoms with van der Waals surface area (Å²) in [6, 6.07) is 0. The lowest BCUT2D eigenvalue weighted by Gasteiger charge is -2.25. The summed E-state index contributed by atoms with van der Waals surface area (Å²) in [5, 5.41) is 0. The van der Waals surface area contributed by atoms with Crippen LogP contribution in [0.15, 0.2) is 0 Å². The van der Waals surface area contributed by atoms with E-state index < -0.39 is 26.5 Å². The van der Waals surface area contributed by atoms with Crippen LogP contribution in [0.2, 0.25) is 0 Å². The van der Waals surface area contributed by atoms with Gasteiger partial charge in [0.25, 0.3) is 7.82 Å². The van der Waals surface area contributed by atoms with Crippen molar-refractivity contribution in [2.24, 2.45) is 0 Å². The molecule has 0 amide bonds. The summed E-state index contributed by atoms with van der Waals surface area (Å²) in [7, 11) is -4.54. The summed E-state index contributed by atoms with van der Waals surface area (Å²) < 4.78 is 32.7. The monoisotopic (exact) mass is 746 g/mol. The van der Waals surface area contributed by atoms with Gasteiger partial charge in [0.15, 0.2) is 6.10 Å². The molecule has 0 fully saturated rings. The third kappa shape index (κ3) is 38.6. The van der Waals surface area contributed by atoms with Gasteiger partial charge in [-0.15, -0.1) is 0 Å². The first-order valence-electron chi connectivity index (χ1n) is 21.8. The van der Waals surface area contributed by atoms with Gasteiger partial charge in [-0.25, -0.2) is 0 Å². The van der Waals surface area contributed by atoms with Crippen LogP contribution in [0.4, 0.5) is 0 Å². The molecule has 9 heteroatoms. The van der Waals surface area contributed by atoms with Crippen molar-refractivity contribution < 1.29 is 37.6 Å². The minimum atomic E-state index is -4.54. The zero-order valence-electron chi connectivity index (χ0n) is 33.7. The molecular weight excluding hydrogens is 663 g/mol. The SMILES string of the molecule is CCCCCCCCCCCCCCCCCC(=O)OC[C@H](COP(=O)([O-])OCCC)OC(=O)CCCCCCCCCCCCCCCCC. The highest BCUT2D eigenvalue weighted by atomic mass is 31.2. The predicted molar refractivity (Wildman–Crippen MR) is 210 cm³/mol. The van der Waals surface area contributed by atoms with Crippen LogP contribution in [0.3, 0.4) is 0 Å². The fourth-order valence-electron chi connectivity index (χ4n) is 6.32. The van der Waals surface area contributed by atoms with Gasteiger partial charge in [-0.2, -0.15) is 0 Å². The number of phosphoric acid groups is 1. The van der Waals surface area contributed by atoms with E-state index in [1.54, 1.807) is 6.92 Å². The Morgan fingerprint density at radius 1 is 0.451 bits per heavy atom. The van der Waals surface area contributed by atoms with Crippen molar-refractivity contribution in [3.05, 3.63) is 0 Å². The standard InChI is InChI=1S/C42H83O8P/c1-4-7-9-11-13-15-17-19-21-23-25-27-29-31-33-35-41(43)47-38-40(39-49-51(45,46)48-37-6-3)50-42(44)36-34-32-30-28-26-24-22-20-18-16-14-12-10-8-5-2/h40H,4-39H2,1-3H3,(H,45,46)/p-1/t40-/m1/s1. The van der Waals surface area contributed by atoms with Crippen molar-refractivity contribution >= 4 is 19.8 Å². The van der Waals surface area contributed by atoms with Crippen LogP contribution in [-0.2, 0) is 32.7 Å². The normalized spacial score (nSPS) is 13.3. The number of esters is 2. The highest BCUT2D eigenvalue weighted by Crippen LogP contribution is 2.38. The van der Waals surface area contributed by atoms with Crippen LogP contribution in [0.25, 0.3) is 0 Å². The van der Waals surface area contributed by atoms with Crippen LogP contribution in [0.1, 0.15) is 233 Å². The maximum Gasteiger partial charge on any atom is 0.306 e. The number of unbranched alkanes of at least 4 members (excludes halogenated alkanes) is 28. The van der Waals surface area contributed by atoms with Gasteiger partial charge in [-0.3, -0.25) is 14.2 Å². The Bertz CT molecular complexity index is 808. The Hall–Kier alpha value is -0.950. The van der Waals surface area contributed by atoms with Crippen LogP contribution in [-0.4, -0.2) is 37.9 Å². The summed E-state index contributed by atoms with van der Waals surface area (Å²) in [6.45, 7) is 5.64. The maximum absolute atomic E-state index is 12.6. The lowest BCUT2D eigenvalue weighted by molar-refractivity contribution is -0.228. The number of ether oxygens (including phenoxy) is 2. The molecule has 8 nitrogen and oxygen atoms in total. The molecule has 0 aromatic rings. The van der Waals surface area contributed by atoms with Crippen LogP contribution >= 0.6 is 7.82 Å². The molecule has 0 aromatic carbocycles. The average molecular weight is 746 g/mol. The largest absolute Gasteiger partial charge is 0.756 e. The molecule has 0 rings (SSSR count). The fourth-order valence-corrected chi connectivity index (χ4v) is 7.14. The van der Waals surface area contributed by atoms with Gasteiger partial charge in [-0.05, 0) is 19.3 Å². The summed E-state index contributed by atoms with van der Waals surface area (Å²) in [5.74, 6) is -0.812. The van der Waals surface area contributed by atoms with Gasteiger partial charge in [0, 0.05) is 12.8 Å². The second-order valence-electron chi connectivity index (χ2n) is 14.8.